The van der Waals surface area contributed by atoms with Crippen molar-refractivity contribution in [3.63, 3.8) is 0 Å². The number of hydrogen-bond donors (Lipinski definition) is 2. The van der Waals surface area contributed by atoms with Gasteiger partial charge in [-0.05, 0) is 24.5 Å². The van der Waals surface area contributed by atoms with Crippen LogP contribution in [0.1, 0.15) is 26.7 Å². The quantitative estimate of drug-likeness (QED) is 0.726. The highest BCUT2D eigenvalue weighted by Gasteiger charge is 2.17. The molecule has 2 rings (SSSR count). The molecule has 6 heteroatoms. The predicted molar refractivity (Wildman–Crippen MR) is 86.3 cm³/mol. The van der Waals surface area contributed by atoms with E-state index in [4.69, 9.17) is 19.0 Å². The van der Waals surface area contributed by atoms with Crippen molar-refractivity contribution in [3.8, 4) is 17.2 Å². The van der Waals surface area contributed by atoms with Crippen LogP contribution in [0.25, 0.3) is 11.0 Å². The Hall–Kier alpha value is -2.21. The molecule has 126 valence electrons. The van der Waals surface area contributed by atoms with Crippen molar-refractivity contribution in [2.24, 2.45) is 5.92 Å². The fourth-order valence-corrected chi connectivity index (χ4v) is 2.33. The van der Waals surface area contributed by atoms with Gasteiger partial charge >= 0.3 is 5.63 Å². The van der Waals surface area contributed by atoms with Gasteiger partial charge in [0.1, 0.15) is 17.9 Å². The number of benzene rings is 1. The van der Waals surface area contributed by atoms with Crippen LogP contribution in [-0.2, 0) is 0 Å². The van der Waals surface area contributed by atoms with Gasteiger partial charge in [-0.15, -0.1) is 0 Å². The van der Waals surface area contributed by atoms with E-state index in [2.05, 4.69) is 6.92 Å². The van der Waals surface area contributed by atoms with Crippen LogP contribution in [0.15, 0.2) is 27.4 Å². The lowest BCUT2D eigenvalue weighted by atomic mass is 10.1. The first-order valence-electron chi connectivity index (χ1n) is 7.73. The maximum Gasteiger partial charge on any atom is 0.383 e. The van der Waals surface area contributed by atoms with Crippen LogP contribution in [0, 0.1) is 5.92 Å². The van der Waals surface area contributed by atoms with Gasteiger partial charge in [0.15, 0.2) is 5.75 Å². The summed E-state index contributed by atoms with van der Waals surface area (Å²) in [7, 11) is 0. The van der Waals surface area contributed by atoms with E-state index in [1.54, 1.807) is 12.1 Å². The Bertz CT molecular complexity index is 706. The molecule has 1 aromatic carbocycles. The summed E-state index contributed by atoms with van der Waals surface area (Å²) in [6.45, 7) is 4.46. The van der Waals surface area contributed by atoms with Crippen LogP contribution >= 0.6 is 0 Å². The van der Waals surface area contributed by atoms with Gasteiger partial charge < -0.3 is 24.1 Å². The average Bonchev–Trinajstić information content (AvgIpc) is 2.52. The van der Waals surface area contributed by atoms with E-state index in [9.17, 15) is 9.90 Å². The highest BCUT2D eigenvalue weighted by molar-refractivity contribution is 5.86. The predicted octanol–water partition coefficient (Wildman–Crippen LogP) is 2.68. The Morgan fingerprint density at radius 3 is 2.78 bits per heavy atom. The van der Waals surface area contributed by atoms with E-state index in [-0.39, 0.29) is 36.2 Å². The zero-order chi connectivity index (χ0) is 16.8. The number of aliphatic hydroxyl groups is 1. The molecule has 0 aliphatic carbocycles. The number of ether oxygens (including phenoxy) is 2. The van der Waals surface area contributed by atoms with Gasteiger partial charge in [0, 0.05) is 6.07 Å². The van der Waals surface area contributed by atoms with Crippen molar-refractivity contribution in [3.05, 3.63) is 28.6 Å². The standard InChI is InChI=1S/C17H22O6/c1-3-4-11(2)10-22-16-15(19)13-6-5-12(21-8-7-18)9-14(13)23-17(16)20/h5-6,9,11,18-19H,3-4,7-8,10H2,1-2H3. The highest BCUT2D eigenvalue weighted by atomic mass is 16.5. The smallest absolute Gasteiger partial charge is 0.383 e. The lowest BCUT2D eigenvalue weighted by molar-refractivity contribution is 0.201. The first-order chi connectivity index (χ1) is 11.1. The molecule has 0 saturated heterocycles. The molecule has 0 bridgehead atoms. The molecule has 0 fully saturated rings. The molecule has 1 aromatic heterocycles. The third kappa shape index (κ3) is 4.16. The summed E-state index contributed by atoms with van der Waals surface area (Å²) in [6, 6.07) is 4.71. The van der Waals surface area contributed by atoms with Crippen molar-refractivity contribution in [1.82, 2.24) is 0 Å². The largest absolute Gasteiger partial charge is 0.504 e. The van der Waals surface area contributed by atoms with Gasteiger partial charge in [0.2, 0.25) is 5.75 Å². The molecule has 2 aromatic rings. The summed E-state index contributed by atoms with van der Waals surface area (Å²) < 4.78 is 15.9. The molecule has 0 spiro atoms. The van der Waals surface area contributed by atoms with Crippen LogP contribution in [0.5, 0.6) is 17.2 Å². The van der Waals surface area contributed by atoms with Crippen molar-refractivity contribution in [2.45, 2.75) is 26.7 Å². The summed E-state index contributed by atoms with van der Waals surface area (Å²) in [4.78, 5) is 12.0. The van der Waals surface area contributed by atoms with Gasteiger partial charge in [0.25, 0.3) is 0 Å². The topological polar surface area (TPSA) is 89.1 Å². The van der Waals surface area contributed by atoms with E-state index < -0.39 is 5.63 Å². The number of aliphatic hydroxyl groups excluding tert-OH is 1. The number of fused-ring (bicyclic) bond motifs is 1. The molecule has 23 heavy (non-hydrogen) atoms. The van der Waals surface area contributed by atoms with Gasteiger partial charge in [0.05, 0.1) is 18.6 Å². The summed E-state index contributed by atoms with van der Waals surface area (Å²) in [5.41, 5.74) is -0.519. The number of aromatic hydroxyl groups is 1. The Morgan fingerprint density at radius 1 is 1.30 bits per heavy atom. The van der Waals surface area contributed by atoms with E-state index in [0.717, 1.165) is 12.8 Å². The molecule has 1 unspecified atom stereocenters. The Morgan fingerprint density at radius 2 is 2.09 bits per heavy atom. The first-order valence-corrected chi connectivity index (χ1v) is 7.73. The van der Waals surface area contributed by atoms with Crippen LogP contribution in [0.2, 0.25) is 0 Å². The fraction of sp³-hybridized carbons (Fsp3) is 0.471. The Balaban J connectivity index is 2.28. The zero-order valence-electron chi connectivity index (χ0n) is 13.4. The normalized spacial score (nSPS) is 12.3. The second-order valence-electron chi connectivity index (χ2n) is 5.50. The molecule has 2 N–H and O–H groups in total. The lowest BCUT2D eigenvalue weighted by Crippen LogP contribution is -2.13. The minimum atomic E-state index is -0.724. The van der Waals surface area contributed by atoms with Crippen molar-refractivity contribution < 1.29 is 24.1 Å². The van der Waals surface area contributed by atoms with E-state index in [1.165, 1.54) is 6.07 Å². The van der Waals surface area contributed by atoms with Gasteiger partial charge in [-0.1, -0.05) is 20.3 Å². The third-order valence-corrected chi connectivity index (χ3v) is 3.47. The van der Waals surface area contributed by atoms with Gasteiger partial charge in [-0.2, -0.15) is 0 Å². The third-order valence-electron chi connectivity index (χ3n) is 3.47. The molecule has 6 nitrogen and oxygen atoms in total. The molecule has 1 atom stereocenters. The van der Waals surface area contributed by atoms with E-state index in [1.807, 2.05) is 6.92 Å². The molecule has 1 heterocycles. The Kier molecular flexibility index (Phi) is 5.87. The minimum Gasteiger partial charge on any atom is -0.504 e. The Labute approximate surface area is 134 Å². The molecule has 0 saturated carbocycles. The molecular formula is C17H22O6. The fourth-order valence-electron chi connectivity index (χ4n) is 2.33. The second kappa shape index (κ2) is 7.87. The molecule has 0 radical (unpaired) electrons. The summed E-state index contributed by atoms with van der Waals surface area (Å²) in [6.07, 6.45) is 2.00. The van der Waals surface area contributed by atoms with Crippen molar-refractivity contribution >= 4 is 11.0 Å². The van der Waals surface area contributed by atoms with Crippen molar-refractivity contribution in [1.29, 1.82) is 0 Å². The van der Waals surface area contributed by atoms with E-state index >= 15 is 0 Å². The van der Waals surface area contributed by atoms with Crippen molar-refractivity contribution in [2.75, 3.05) is 19.8 Å². The molecule has 0 aliphatic rings. The maximum atomic E-state index is 12.0. The van der Waals surface area contributed by atoms with Crippen LogP contribution in [0.4, 0.5) is 0 Å². The minimum absolute atomic E-state index is 0.115. The summed E-state index contributed by atoms with van der Waals surface area (Å²) in [5, 5.41) is 19.4. The second-order valence-corrected chi connectivity index (χ2v) is 5.50. The van der Waals surface area contributed by atoms with Crippen LogP contribution in [-0.4, -0.2) is 30.0 Å². The number of hydrogen-bond acceptors (Lipinski definition) is 6. The maximum absolute atomic E-state index is 12.0. The number of rotatable bonds is 8. The molecule has 0 amide bonds. The molecule has 0 aliphatic heterocycles. The summed E-state index contributed by atoms with van der Waals surface area (Å²) in [5.74, 6) is 0.334. The van der Waals surface area contributed by atoms with Gasteiger partial charge in [-0.3, -0.25) is 0 Å². The monoisotopic (exact) mass is 322 g/mol. The first kappa shape index (κ1) is 17.1. The molecular weight excluding hydrogens is 300 g/mol. The van der Waals surface area contributed by atoms with Gasteiger partial charge in [-0.25, -0.2) is 4.79 Å². The van der Waals surface area contributed by atoms with E-state index in [0.29, 0.717) is 17.7 Å². The average molecular weight is 322 g/mol. The summed E-state index contributed by atoms with van der Waals surface area (Å²) >= 11 is 0. The zero-order valence-corrected chi connectivity index (χ0v) is 13.4. The van der Waals surface area contributed by atoms with Crippen LogP contribution < -0.4 is 15.1 Å². The SMILES string of the molecule is CCCC(C)COc1c(O)c2ccc(OCCO)cc2oc1=O. The lowest BCUT2D eigenvalue weighted by Gasteiger charge is -2.13. The highest BCUT2D eigenvalue weighted by Crippen LogP contribution is 2.33. The van der Waals surface area contributed by atoms with Crippen LogP contribution in [0.3, 0.4) is 0 Å².